The molecule has 2 aromatic heterocycles. The van der Waals surface area contributed by atoms with Gasteiger partial charge in [-0.3, -0.25) is 4.68 Å². The lowest BCUT2D eigenvalue weighted by molar-refractivity contribution is 0.501. The molecule has 2 aromatic rings. The van der Waals surface area contributed by atoms with Crippen LogP contribution in [0.1, 0.15) is 30.0 Å². The summed E-state index contributed by atoms with van der Waals surface area (Å²) in [7, 11) is 1.94. The highest BCUT2D eigenvalue weighted by atomic mass is 15.2. The molecule has 0 unspecified atom stereocenters. The Morgan fingerprint density at radius 1 is 1.25 bits per heavy atom. The van der Waals surface area contributed by atoms with Crippen LogP contribution in [0.4, 0.5) is 5.82 Å². The fraction of sp³-hybridized carbons (Fsp3) is 0.429. The SMILES string of the molecule is Cn1cc(C2CCN(c3nccnc3C#N)CC2)cn1. The Morgan fingerprint density at radius 3 is 2.65 bits per heavy atom. The van der Waals surface area contributed by atoms with Gasteiger partial charge in [0.25, 0.3) is 0 Å². The average Bonchev–Trinajstić information content (AvgIpc) is 2.94. The van der Waals surface area contributed by atoms with Crippen molar-refractivity contribution < 1.29 is 0 Å². The summed E-state index contributed by atoms with van der Waals surface area (Å²) < 4.78 is 1.85. The molecule has 102 valence electrons. The monoisotopic (exact) mass is 268 g/mol. The Balaban J connectivity index is 1.71. The molecule has 1 fully saturated rings. The minimum Gasteiger partial charge on any atom is -0.354 e. The lowest BCUT2D eigenvalue weighted by Gasteiger charge is -2.32. The van der Waals surface area contributed by atoms with Gasteiger partial charge in [-0.25, -0.2) is 9.97 Å². The van der Waals surface area contributed by atoms with Gasteiger partial charge in [0, 0.05) is 38.7 Å². The number of aryl methyl sites for hydroxylation is 1. The van der Waals surface area contributed by atoms with Gasteiger partial charge in [-0.05, 0) is 24.3 Å². The van der Waals surface area contributed by atoms with Gasteiger partial charge >= 0.3 is 0 Å². The fourth-order valence-electron chi connectivity index (χ4n) is 2.72. The largest absolute Gasteiger partial charge is 0.354 e. The highest BCUT2D eigenvalue weighted by Crippen LogP contribution is 2.29. The molecule has 0 bridgehead atoms. The topological polar surface area (TPSA) is 70.6 Å². The van der Waals surface area contributed by atoms with Crippen molar-refractivity contribution in [1.82, 2.24) is 19.7 Å². The third-order valence-electron chi connectivity index (χ3n) is 3.78. The van der Waals surface area contributed by atoms with Crippen LogP contribution in [-0.4, -0.2) is 32.8 Å². The maximum absolute atomic E-state index is 9.09. The molecule has 3 rings (SSSR count). The summed E-state index contributed by atoms with van der Waals surface area (Å²) in [6.07, 6.45) is 9.33. The zero-order chi connectivity index (χ0) is 13.9. The summed E-state index contributed by atoms with van der Waals surface area (Å²) in [5.41, 5.74) is 1.71. The third-order valence-corrected chi connectivity index (χ3v) is 3.78. The van der Waals surface area contributed by atoms with Crippen molar-refractivity contribution in [3.8, 4) is 6.07 Å². The first-order valence-electron chi connectivity index (χ1n) is 6.72. The molecule has 0 atom stereocenters. The minimum atomic E-state index is 0.410. The zero-order valence-electron chi connectivity index (χ0n) is 11.4. The molecule has 0 saturated carbocycles. The van der Waals surface area contributed by atoms with Crippen molar-refractivity contribution in [2.24, 2.45) is 7.05 Å². The van der Waals surface area contributed by atoms with E-state index in [4.69, 9.17) is 5.26 Å². The number of anilines is 1. The smallest absolute Gasteiger partial charge is 0.183 e. The number of hydrogen-bond acceptors (Lipinski definition) is 5. The molecule has 6 heteroatoms. The van der Waals surface area contributed by atoms with Gasteiger partial charge in [0.05, 0.1) is 6.20 Å². The van der Waals surface area contributed by atoms with E-state index < -0.39 is 0 Å². The summed E-state index contributed by atoms with van der Waals surface area (Å²) in [4.78, 5) is 10.5. The Bertz CT molecular complexity index is 633. The van der Waals surface area contributed by atoms with Crippen LogP contribution in [0.15, 0.2) is 24.8 Å². The molecular formula is C14H16N6. The molecule has 1 saturated heterocycles. The molecule has 0 N–H and O–H groups in total. The summed E-state index contributed by atoms with van der Waals surface area (Å²) >= 11 is 0. The van der Waals surface area contributed by atoms with E-state index in [0.717, 1.165) is 25.9 Å². The van der Waals surface area contributed by atoms with Crippen LogP contribution >= 0.6 is 0 Å². The van der Waals surface area contributed by atoms with Gasteiger partial charge in [-0.1, -0.05) is 0 Å². The van der Waals surface area contributed by atoms with Crippen LogP contribution < -0.4 is 4.90 Å². The first-order valence-corrected chi connectivity index (χ1v) is 6.72. The predicted octanol–water partition coefficient (Wildman–Crippen LogP) is 1.47. The van der Waals surface area contributed by atoms with Crippen molar-refractivity contribution in [3.63, 3.8) is 0 Å². The predicted molar refractivity (Wildman–Crippen MR) is 74.1 cm³/mol. The number of piperidine rings is 1. The minimum absolute atomic E-state index is 0.410. The Morgan fingerprint density at radius 2 is 2.00 bits per heavy atom. The number of nitrogens with zero attached hydrogens (tertiary/aromatic N) is 6. The lowest BCUT2D eigenvalue weighted by atomic mass is 9.91. The molecule has 0 spiro atoms. The van der Waals surface area contributed by atoms with Gasteiger partial charge in [0.1, 0.15) is 6.07 Å². The Hall–Kier alpha value is -2.42. The molecule has 0 aromatic carbocycles. The number of aromatic nitrogens is 4. The van der Waals surface area contributed by atoms with E-state index in [-0.39, 0.29) is 0 Å². The fourth-order valence-corrected chi connectivity index (χ4v) is 2.72. The van der Waals surface area contributed by atoms with Crippen molar-refractivity contribution >= 4 is 5.82 Å². The quantitative estimate of drug-likeness (QED) is 0.824. The van der Waals surface area contributed by atoms with Crippen LogP contribution in [-0.2, 0) is 7.05 Å². The van der Waals surface area contributed by atoms with Crippen molar-refractivity contribution in [1.29, 1.82) is 5.26 Å². The van der Waals surface area contributed by atoms with Gasteiger partial charge in [0.15, 0.2) is 11.5 Å². The second-order valence-corrected chi connectivity index (χ2v) is 5.05. The summed E-state index contributed by atoms with van der Waals surface area (Å²) in [5, 5.41) is 13.3. The van der Waals surface area contributed by atoms with Gasteiger partial charge in [-0.15, -0.1) is 0 Å². The van der Waals surface area contributed by atoms with E-state index in [1.165, 1.54) is 5.56 Å². The number of nitriles is 1. The highest BCUT2D eigenvalue weighted by Gasteiger charge is 2.24. The number of hydrogen-bond donors (Lipinski definition) is 0. The van der Waals surface area contributed by atoms with Crippen LogP contribution in [0.3, 0.4) is 0 Å². The Labute approximate surface area is 117 Å². The summed E-state index contributed by atoms with van der Waals surface area (Å²) in [5.74, 6) is 1.25. The maximum atomic E-state index is 9.09. The maximum Gasteiger partial charge on any atom is 0.183 e. The van der Waals surface area contributed by atoms with Crippen LogP contribution in [0.5, 0.6) is 0 Å². The van der Waals surface area contributed by atoms with Crippen molar-refractivity contribution in [3.05, 3.63) is 36.0 Å². The molecule has 6 nitrogen and oxygen atoms in total. The first kappa shape index (κ1) is 12.6. The third kappa shape index (κ3) is 2.35. The first-order chi connectivity index (χ1) is 9.78. The molecule has 1 aliphatic rings. The molecule has 1 aliphatic heterocycles. The molecule has 20 heavy (non-hydrogen) atoms. The van der Waals surface area contributed by atoms with E-state index in [1.807, 2.05) is 17.9 Å². The second-order valence-electron chi connectivity index (χ2n) is 5.05. The number of rotatable bonds is 2. The molecular weight excluding hydrogens is 252 g/mol. The standard InChI is InChI=1S/C14H16N6/c1-19-10-12(9-18-19)11-2-6-20(7-3-11)14-13(8-15)16-4-5-17-14/h4-5,9-11H,2-3,6-7H2,1H3. The van der Waals surface area contributed by atoms with E-state index in [9.17, 15) is 0 Å². The normalized spacial score (nSPS) is 16.1. The van der Waals surface area contributed by atoms with Crippen molar-refractivity contribution in [2.45, 2.75) is 18.8 Å². The zero-order valence-corrected chi connectivity index (χ0v) is 11.4. The van der Waals surface area contributed by atoms with Gasteiger partial charge < -0.3 is 4.90 Å². The molecule has 0 aliphatic carbocycles. The van der Waals surface area contributed by atoms with Crippen LogP contribution in [0, 0.1) is 11.3 Å². The molecule has 0 amide bonds. The van der Waals surface area contributed by atoms with E-state index >= 15 is 0 Å². The van der Waals surface area contributed by atoms with Crippen LogP contribution in [0.2, 0.25) is 0 Å². The van der Waals surface area contributed by atoms with Gasteiger partial charge in [-0.2, -0.15) is 10.4 Å². The van der Waals surface area contributed by atoms with E-state index in [2.05, 4.69) is 32.2 Å². The summed E-state index contributed by atoms with van der Waals surface area (Å²) in [6.45, 7) is 1.79. The highest BCUT2D eigenvalue weighted by molar-refractivity contribution is 5.49. The molecule has 3 heterocycles. The average molecular weight is 268 g/mol. The lowest BCUT2D eigenvalue weighted by Crippen LogP contribution is -2.34. The molecule has 0 radical (unpaired) electrons. The van der Waals surface area contributed by atoms with E-state index in [0.29, 0.717) is 17.4 Å². The van der Waals surface area contributed by atoms with Crippen LogP contribution in [0.25, 0.3) is 0 Å². The van der Waals surface area contributed by atoms with Crippen molar-refractivity contribution in [2.75, 3.05) is 18.0 Å². The second kappa shape index (κ2) is 5.29. The summed E-state index contributed by atoms with van der Waals surface area (Å²) in [6, 6.07) is 2.11. The van der Waals surface area contributed by atoms with E-state index in [1.54, 1.807) is 12.4 Å². The van der Waals surface area contributed by atoms with Gasteiger partial charge in [0.2, 0.25) is 0 Å². The Kier molecular flexibility index (Phi) is 3.33.